The molecule has 0 bridgehead atoms. The lowest BCUT2D eigenvalue weighted by molar-refractivity contribution is -0.0188. The first-order chi connectivity index (χ1) is 16.8. The number of rotatable bonds is 5. The predicted octanol–water partition coefficient (Wildman–Crippen LogP) is 6.47. The van der Waals surface area contributed by atoms with Gasteiger partial charge in [0, 0.05) is 33.1 Å². The van der Waals surface area contributed by atoms with Gasteiger partial charge in [-0.05, 0) is 90.9 Å². The Morgan fingerprint density at radius 1 is 1.00 bits per heavy atom. The Kier molecular flexibility index (Phi) is 7.86. The number of halogens is 3. The van der Waals surface area contributed by atoms with Crippen molar-refractivity contribution < 1.29 is 9.50 Å². The van der Waals surface area contributed by atoms with Crippen LogP contribution in [0.2, 0.25) is 10.0 Å². The van der Waals surface area contributed by atoms with E-state index < -0.39 is 11.5 Å². The second kappa shape index (κ2) is 10.7. The van der Waals surface area contributed by atoms with Gasteiger partial charge in [0.05, 0.1) is 5.60 Å². The molecule has 5 rings (SSSR count). The molecule has 2 heterocycles. The Labute approximate surface area is 220 Å². The summed E-state index contributed by atoms with van der Waals surface area (Å²) < 4.78 is 13.4. The van der Waals surface area contributed by atoms with Crippen molar-refractivity contribution in [3.63, 3.8) is 0 Å². The van der Waals surface area contributed by atoms with Gasteiger partial charge in [0.25, 0.3) is 5.56 Å². The maximum Gasteiger partial charge on any atom is 0.252 e. The van der Waals surface area contributed by atoms with Crippen molar-refractivity contribution in [2.75, 3.05) is 6.54 Å². The fourth-order valence-electron chi connectivity index (χ4n) is 5.25. The van der Waals surface area contributed by atoms with Gasteiger partial charge < -0.3 is 15.4 Å². The van der Waals surface area contributed by atoms with Gasteiger partial charge in [0.15, 0.2) is 0 Å². The molecule has 1 fully saturated rings. The number of aromatic nitrogens is 1. The molecule has 3 unspecified atom stereocenters. The van der Waals surface area contributed by atoms with Gasteiger partial charge in [-0.15, -0.1) is 0 Å². The second-order valence-corrected chi connectivity index (χ2v) is 10.2. The number of benzene rings is 3. The SMILES string of the molecule is C.O=c1[nH]c2ccc(Cl)cc2cc1C(c1ccc(Cl)cc1)C1(O)CCNC(Cc2ccc(F)cc2)C1. The van der Waals surface area contributed by atoms with Crippen LogP contribution >= 0.6 is 23.2 Å². The summed E-state index contributed by atoms with van der Waals surface area (Å²) in [7, 11) is 0. The average Bonchev–Trinajstić information content (AvgIpc) is 2.82. The van der Waals surface area contributed by atoms with E-state index >= 15 is 0 Å². The molecule has 188 valence electrons. The largest absolute Gasteiger partial charge is 0.389 e. The molecule has 1 aliphatic rings. The minimum atomic E-state index is -1.19. The van der Waals surface area contributed by atoms with Crippen molar-refractivity contribution in [2.45, 2.75) is 44.2 Å². The lowest BCUT2D eigenvalue weighted by Crippen LogP contribution is -2.52. The van der Waals surface area contributed by atoms with Gasteiger partial charge in [0.2, 0.25) is 0 Å². The molecule has 1 aromatic heterocycles. The van der Waals surface area contributed by atoms with E-state index in [1.54, 1.807) is 42.5 Å². The highest BCUT2D eigenvalue weighted by Gasteiger charge is 2.43. The van der Waals surface area contributed by atoms with Crippen LogP contribution in [0.4, 0.5) is 4.39 Å². The highest BCUT2D eigenvalue weighted by Crippen LogP contribution is 2.41. The number of fused-ring (bicyclic) bond motifs is 1. The number of hydrogen-bond donors (Lipinski definition) is 3. The van der Waals surface area contributed by atoms with Crippen LogP contribution < -0.4 is 10.9 Å². The number of pyridine rings is 1. The maximum atomic E-state index is 13.4. The molecule has 4 nitrogen and oxygen atoms in total. The van der Waals surface area contributed by atoms with Gasteiger partial charge >= 0.3 is 0 Å². The summed E-state index contributed by atoms with van der Waals surface area (Å²) >= 11 is 12.4. The smallest absolute Gasteiger partial charge is 0.252 e. The molecular weight excluding hydrogens is 498 g/mol. The molecule has 0 spiro atoms. The highest BCUT2D eigenvalue weighted by molar-refractivity contribution is 6.31. The molecule has 1 saturated heterocycles. The van der Waals surface area contributed by atoms with Gasteiger partial charge in [-0.2, -0.15) is 0 Å². The summed E-state index contributed by atoms with van der Waals surface area (Å²) in [6, 6.07) is 20.8. The summed E-state index contributed by atoms with van der Waals surface area (Å²) in [6.07, 6.45) is 1.53. The zero-order valence-corrected chi connectivity index (χ0v) is 20.4. The van der Waals surface area contributed by atoms with Gasteiger partial charge in [-0.25, -0.2) is 4.39 Å². The van der Waals surface area contributed by atoms with Crippen molar-refractivity contribution in [3.8, 4) is 0 Å². The summed E-state index contributed by atoms with van der Waals surface area (Å²) in [5.41, 5.74) is 1.52. The van der Waals surface area contributed by atoms with Crippen LogP contribution in [0.3, 0.4) is 0 Å². The quantitative estimate of drug-likeness (QED) is 0.279. The molecule has 1 aliphatic heterocycles. The summed E-state index contributed by atoms with van der Waals surface area (Å²) in [6.45, 7) is 0.587. The number of nitrogens with one attached hydrogen (secondary N) is 2. The number of aromatic amines is 1. The molecule has 0 saturated carbocycles. The number of aliphatic hydroxyl groups is 1. The minimum Gasteiger partial charge on any atom is -0.389 e. The fourth-order valence-corrected chi connectivity index (χ4v) is 5.56. The molecule has 7 heteroatoms. The van der Waals surface area contributed by atoms with Crippen molar-refractivity contribution in [2.24, 2.45) is 0 Å². The third-order valence-corrected chi connectivity index (χ3v) is 7.36. The number of H-pyrrole nitrogens is 1. The molecular formula is C29H29Cl2FN2O2. The Hall–Kier alpha value is -2.70. The van der Waals surface area contributed by atoms with Crippen molar-refractivity contribution in [1.29, 1.82) is 0 Å². The van der Waals surface area contributed by atoms with Crippen LogP contribution in [0.15, 0.2) is 77.6 Å². The van der Waals surface area contributed by atoms with Crippen LogP contribution in [0, 0.1) is 5.82 Å². The van der Waals surface area contributed by atoms with Crippen molar-refractivity contribution >= 4 is 34.1 Å². The first-order valence-corrected chi connectivity index (χ1v) is 12.3. The van der Waals surface area contributed by atoms with Crippen molar-refractivity contribution in [1.82, 2.24) is 10.3 Å². The van der Waals surface area contributed by atoms with E-state index in [2.05, 4.69) is 10.3 Å². The maximum absolute atomic E-state index is 13.4. The molecule has 3 atom stereocenters. The molecule has 0 aliphatic carbocycles. The van der Waals surface area contributed by atoms with E-state index in [1.165, 1.54) is 12.1 Å². The fraction of sp³-hybridized carbons (Fsp3) is 0.276. The lowest BCUT2D eigenvalue weighted by atomic mass is 9.70. The van der Waals surface area contributed by atoms with E-state index in [0.717, 1.165) is 16.5 Å². The molecule has 3 aromatic carbocycles. The van der Waals surface area contributed by atoms with E-state index in [9.17, 15) is 14.3 Å². The van der Waals surface area contributed by atoms with E-state index in [-0.39, 0.29) is 24.8 Å². The molecule has 0 amide bonds. The Bertz CT molecular complexity index is 1410. The van der Waals surface area contributed by atoms with E-state index in [1.807, 2.05) is 18.2 Å². The third kappa shape index (κ3) is 5.50. The average molecular weight is 527 g/mol. The van der Waals surface area contributed by atoms with Gasteiger partial charge in [0.1, 0.15) is 5.82 Å². The second-order valence-electron chi connectivity index (χ2n) is 9.31. The summed E-state index contributed by atoms with van der Waals surface area (Å²) in [4.78, 5) is 16.3. The molecule has 3 N–H and O–H groups in total. The van der Waals surface area contributed by atoms with Crippen LogP contribution in [-0.4, -0.2) is 28.3 Å². The summed E-state index contributed by atoms with van der Waals surface area (Å²) in [5, 5.41) is 17.6. The van der Waals surface area contributed by atoms with Crippen molar-refractivity contribution in [3.05, 3.63) is 116 Å². The normalized spacial score (nSPS) is 20.6. The third-order valence-electron chi connectivity index (χ3n) is 6.87. The van der Waals surface area contributed by atoms with Crippen LogP contribution in [-0.2, 0) is 6.42 Å². The van der Waals surface area contributed by atoms with Crippen LogP contribution in [0.1, 0.15) is 42.9 Å². The first kappa shape index (κ1) is 26.4. The van der Waals surface area contributed by atoms with Crippen LogP contribution in [0.5, 0.6) is 0 Å². The zero-order chi connectivity index (χ0) is 24.6. The monoisotopic (exact) mass is 526 g/mol. The predicted molar refractivity (Wildman–Crippen MR) is 146 cm³/mol. The first-order valence-electron chi connectivity index (χ1n) is 11.6. The number of piperidine rings is 1. The zero-order valence-electron chi connectivity index (χ0n) is 18.9. The van der Waals surface area contributed by atoms with Crippen LogP contribution in [0.25, 0.3) is 10.9 Å². The highest BCUT2D eigenvalue weighted by atomic mass is 35.5. The Morgan fingerprint density at radius 2 is 1.69 bits per heavy atom. The topological polar surface area (TPSA) is 65.1 Å². The Balaban J connectivity index is 0.00000304. The molecule has 0 radical (unpaired) electrons. The molecule has 36 heavy (non-hydrogen) atoms. The van der Waals surface area contributed by atoms with Gasteiger partial charge in [-0.3, -0.25) is 4.79 Å². The van der Waals surface area contributed by atoms with E-state index in [4.69, 9.17) is 23.2 Å². The molecule has 4 aromatic rings. The summed E-state index contributed by atoms with van der Waals surface area (Å²) in [5.74, 6) is -0.856. The standard InChI is InChI=1S/C28H25Cl2FN2O2.CH4/c29-20-5-3-18(4-6-20)26(24-15-19-14-21(30)7-10-25(19)33-27(24)34)28(35)11-12-32-23(16-28)13-17-1-8-22(31)9-2-17;/h1-10,14-15,23,26,32,35H,11-13,16H2,(H,33,34);1H4. The van der Waals surface area contributed by atoms with Gasteiger partial charge in [-0.1, -0.05) is 54.9 Å². The lowest BCUT2D eigenvalue weighted by Gasteiger charge is -2.43. The number of hydrogen-bond acceptors (Lipinski definition) is 3. The minimum absolute atomic E-state index is 0. The Morgan fingerprint density at radius 3 is 2.42 bits per heavy atom. The van der Waals surface area contributed by atoms with E-state index in [0.29, 0.717) is 46.9 Å².